The first kappa shape index (κ1) is 37.3. The minimum Gasteiger partial charge on any atom is 2.00 e. The second kappa shape index (κ2) is 19.9. The number of hydrogen-bond donors (Lipinski definition) is 0. The van der Waals surface area contributed by atoms with Crippen molar-refractivity contribution in [3.63, 3.8) is 0 Å². The fraction of sp³-hybridized carbons (Fsp3) is 0. The van der Waals surface area contributed by atoms with E-state index in [0.717, 1.165) is 0 Å². The second-order valence-corrected chi connectivity index (χ2v) is 0. The third-order valence-corrected chi connectivity index (χ3v) is 0. The Labute approximate surface area is 66.6 Å². The van der Waals surface area contributed by atoms with E-state index in [4.69, 9.17) is 0 Å². The van der Waals surface area contributed by atoms with Gasteiger partial charge in [-0.05, 0) is 0 Å². The van der Waals surface area contributed by atoms with Crippen LogP contribution in [0.1, 0.15) is 0 Å². The minimum atomic E-state index is 0. The Hall–Kier alpha value is 2.01. The fourth-order valence-electron chi connectivity index (χ4n) is 0. The van der Waals surface area contributed by atoms with E-state index in [0.29, 0.717) is 0 Å². The predicted molar refractivity (Wildman–Crippen MR) is 24.7 cm³/mol. The largest absolute Gasteiger partial charge is 2.00 e. The Balaban J connectivity index is 0. The summed E-state index contributed by atoms with van der Waals surface area (Å²) in [7, 11) is 0. The van der Waals surface area contributed by atoms with Crippen molar-refractivity contribution in [1.82, 2.24) is 0 Å². The van der Waals surface area contributed by atoms with Gasteiger partial charge in [-0.25, -0.2) is 0 Å². The van der Waals surface area contributed by atoms with E-state index in [1.54, 1.807) is 0 Å². The zero-order valence-electron chi connectivity index (χ0n) is 2.12. The van der Waals surface area contributed by atoms with Crippen LogP contribution in [0.25, 0.3) is 0 Å². The molecule has 24 valence electrons. The van der Waals surface area contributed by atoms with Crippen LogP contribution in [0.3, 0.4) is 0 Å². The van der Waals surface area contributed by atoms with Crippen LogP contribution in [0.5, 0.6) is 0 Å². The van der Waals surface area contributed by atoms with Gasteiger partial charge in [0.05, 0.1) is 0 Å². The summed E-state index contributed by atoms with van der Waals surface area (Å²) in [5.74, 6) is 0. The summed E-state index contributed by atoms with van der Waals surface area (Å²) in [6.45, 7) is 0. The molecule has 0 bridgehead atoms. The van der Waals surface area contributed by atoms with Crippen LogP contribution in [0.2, 0.25) is 0 Å². The summed E-state index contributed by atoms with van der Waals surface area (Å²) in [5, 5.41) is 0. The van der Waals surface area contributed by atoms with Gasteiger partial charge in [0.1, 0.15) is 0 Å². The third kappa shape index (κ3) is 8.99. The fourth-order valence-corrected chi connectivity index (χ4v) is 0. The van der Waals surface area contributed by atoms with E-state index in [-0.39, 0.29) is 67.1 Å². The summed E-state index contributed by atoms with van der Waals surface area (Å²) in [6, 6.07) is 0. The smallest absolute Gasteiger partial charge is 2.00 e. The molecule has 4 heteroatoms. The van der Waals surface area contributed by atoms with E-state index in [2.05, 4.69) is 0 Å². The molecule has 0 nitrogen and oxygen atoms in total. The predicted octanol–water partition coefficient (Wildman–Crippen LogP) is -1.19. The molecule has 4 heavy (non-hydrogen) atoms. The van der Waals surface area contributed by atoms with Crippen LogP contribution in [0, 0.1) is 0 Å². The van der Waals surface area contributed by atoms with Gasteiger partial charge in [-0.1, -0.05) is 0 Å². The van der Waals surface area contributed by atoms with Crippen molar-refractivity contribution in [2.24, 2.45) is 0 Å². The molecule has 0 N–H and O–H groups in total. The average molecular weight is 259 g/mol. The van der Waals surface area contributed by atoms with Crippen LogP contribution in [0.15, 0.2) is 0 Å². The monoisotopic (exact) mass is 260 g/mol. The van der Waals surface area contributed by atoms with Crippen molar-refractivity contribution < 1.29 is 19.5 Å². The van der Waals surface area contributed by atoms with E-state index >= 15 is 0 Å². The first-order valence-corrected chi connectivity index (χ1v) is 0. The first-order valence-electron chi connectivity index (χ1n) is 0. The zero-order valence-corrected chi connectivity index (χ0v) is 9.89. The quantitative estimate of drug-likeness (QED) is 0.480. The molecule has 0 aliphatic heterocycles. The Bertz CT molecular complexity index is 6.00. The molecule has 0 saturated carbocycles. The molecular formula is H4SSe2Zn. The van der Waals surface area contributed by atoms with Crippen LogP contribution in [0.4, 0.5) is 0 Å². The van der Waals surface area contributed by atoms with Crippen molar-refractivity contribution in [2.45, 2.75) is 0 Å². The molecule has 0 aromatic carbocycles. The van der Waals surface area contributed by atoms with Crippen molar-refractivity contribution >= 4 is 47.6 Å². The van der Waals surface area contributed by atoms with Gasteiger partial charge in [-0.2, -0.15) is 13.5 Å². The maximum Gasteiger partial charge on any atom is 2.00 e. The molecule has 0 fully saturated rings. The molecule has 0 rings (SSSR count). The molecular weight excluding hydrogens is 255 g/mol. The first-order chi connectivity index (χ1) is 0. The molecule has 0 aliphatic carbocycles. The normalized spacial score (nSPS) is 0. The molecule has 0 aromatic heterocycles. The maximum absolute atomic E-state index is 0. The van der Waals surface area contributed by atoms with Gasteiger partial charge in [0.15, 0.2) is 0 Å². The zero-order chi connectivity index (χ0) is 0. The summed E-state index contributed by atoms with van der Waals surface area (Å²) in [5.41, 5.74) is 0. The van der Waals surface area contributed by atoms with E-state index in [1.807, 2.05) is 0 Å². The molecule has 0 aliphatic rings. The summed E-state index contributed by atoms with van der Waals surface area (Å²) >= 11 is 0. The average Bonchev–Trinajstić information content (AvgIpc) is 0. The second-order valence-electron chi connectivity index (χ2n) is 0. The third-order valence-electron chi connectivity index (χ3n) is 0. The van der Waals surface area contributed by atoms with Crippen LogP contribution >= 0.6 is 13.5 Å². The molecule has 0 unspecified atom stereocenters. The number of rotatable bonds is 0. The maximum atomic E-state index is 0. The van der Waals surface area contributed by atoms with E-state index in [9.17, 15) is 0 Å². The van der Waals surface area contributed by atoms with E-state index in [1.165, 1.54) is 0 Å². The SMILES string of the molecule is S.[Se-2].[SeH2].[Zn+2]. The van der Waals surface area contributed by atoms with E-state index < -0.39 is 0 Å². The van der Waals surface area contributed by atoms with Gasteiger partial charge < -0.3 is 17.1 Å². The van der Waals surface area contributed by atoms with Crippen LogP contribution in [-0.4, -0.2) is 34.1 Å². The van der Waals surface area contributed by atoms with Gasteiger partial charge in [-0.15, -0.1) is 0 Å². The Morgan fingerprint density at radius 2 is 1.00 bits per heavy atom. The van der Waals surface area contributed by atoms with Crippen molar-refractivity contribution in [3.8, 4) is 0 Å². The van der Waals surface area contributed by atoms with Gasteiger partial charge in [0.25, 0.3) is 0 Å². The molecule has 0 spiro atoms. The van der Waals surface area contributed by atoms with Crippen LogP contribution < -0.4 is 0 Å². The molecule has 0 radical (unpaired) electrons. The van der Waals surface area contributed by atoms with Gasteiger partial charge in [0, 0.05) is 0 Å². The van der Waals surface area contributed by atoms with Gasteiger partial charge >= 0.3 is 36.5 Å². The Kier molecular flexibility index (Phi) is 186. The standard InChI is InChI=1S/H2S.H2Se.Se.Zn/h2*1H2;;/q;;-2;+2. The summed E-state index contributed by atoms with van der Waals surface area (Å²) in [4.78, 5) is 0. The number of hydrogen-bond acceptors (Lipinski definition) is 0. The van der Waals surface area contributed by atoms with Crippen LogP contribution in [-0.2, 0) is 19.5 Å². The van der Waals surface area contributed by atoms with Crippen molar-refractivity contribution in [2.75, 3.05) is 0 Å². The molecule has 0 saturated heterocycles. The summed E-state index contributed by atoms with van der Waals surface area (Å²) < 4.78 is 0. The minimum absolute atomic E-state index is 0. The Morgan fingerprint density at radius 1 is 1.00 bits per heavy atom. The summed E-state index contributed by atoms with van der Waals surface area (Å²) in [6.07, 6.45) is 0. The van der Waals surface area contributed by atoms with Crippen molar-refractivity contribution in [3.05, 3.63) is 0 Å². The molecule has 0 amide bonds. The molecule has 0 aromatic rings. The van der Waals surface area contributed by atoms with Gasteiger partial charge in [-0.3, -0.25) is 0 Å². The van der Waals surface area contributed by atoms with Crippen molar-refractivity contribution in [1.29, 1.82) is 0 Å². The Morgan fingerprint density at radius 3 is 1.00 bits per heavy atom. The molecule has 0 heterocycles. The topological polar surface area (TPSA) is 0 Å². The van der Waals surface area contributed by atoms with Gasteiger partial charge in [0.2, 0.25) is 0 Å². The molecule has 0 atom stereocenters.